The smallest absolute Gasteiger partial charge is 1.00 e. The van der Waals surface area contributed by atoms with Gasteiger partial charge in [-0.2, -0.15) is 0 Å². The Morgan fingerprint density at radius 3 is 1.67 bits per heavy atom. The summed E-state index contributed by atoms with van der Waals surface area (Å²) in [6, 6.07) is 22.7. The first-order valence-corrected chi connectivity index (χ1v) is 16.4. The number of benzene rings is 2. The second kappa shape index (κ2) is 23.1. The topological polar surface area (TPSA) is 165 Å². The number of ether oxygens (including phenoxy) is 2. The SMILES string of the molecule is CN(c1cnccc1OCc1ccccc1)S(C)(=O)=O.CS(=O)(=O)Cc1cnccc1OCc1ccccc1.O=CO[O-].[H-].[K+].[K+]. The molecule has 0 radical (unpaired) electrons. The Balaban J connectivity index is 0. The van der Waals surface area contributed by atoms with Crippen LogP contribution < -0.4 is 122 Å². The second-order valence-electron chi connectivity index (χ2n) is 8.87. The zero-order valence-corrected chi connectivity index (χ0v) is 33.6. The summed E-state index contributed by atoms with van der Waals surface area (Å²) in [7, 11) is -4.98. The van der Waals surface area contributed by atoms with Gasteiger partial charge in [0.25, 0.3) is 6.47 Å². The van der Waals surface area contributed by atoms with Crippen molar-refractivity contribution in [3.05, 3.63) is 114 Å². The summed E-state index contributed by atoms with van der Waals surface area (Å²) in [5.74, 6) is 0.978. The molecule has 0 saturated heterocycles. The number of aromatic nitrogens is 2. The van der Waals surface area contributed by atoms with Gasteiger partial charge in [-0.05, 0) is 17.2 Å². The molecule has 0 unspecified atom stereocenters. The zero-order valence-electron chi connectivity index (χ0n) is 26.8. The molecule has 0 bridgehead atoms. The molecule has 0 saturated carbocycles. The molecule has 2 aromatic heterocycles. The zero-order chi connectivity index (χ0) is 31.7. The third-order valence-electron chi connectivity index (χ3n) is 5.39. The van der Waals surface area contributed by atoms with E-state index in [1.807, 2.05) is 60.7 Å². The number of hydrogen-bond donors (Lipinski definition) is 0. The van der Waals surface area contributed by atoms with Crippen LogP contribution in [-0.4, -0.2) is 52.8 Å². The van der Waals surface area contributed by atoms with Gasteiger partial charge >= 0.3 is 103 Å². The van der Waals surface area contributed by atoms with Gasteiger partial charge in [0.05, 0.1) is 18.2 Å². The molecule has 2 aromatic carbocycles. The Labute approximate surface area is 350 Å². The standard InChI is InChI=1S/C14H16N2O3S.C14H15NO3S.CH2O3.2K.H/c1-16(20(2,17)18)13-10-15-9-8-14(13)19-11-12-6-4-3-5-7-12;1-19(16,17)11-13-9-15-8-7-14(13)18-10-12-5-3-2-4-6-12;2-1-4-3;;;/h3-10H,11H2,1-2H3;2-9H,10-11H2,1H3;1,3H;;;/q;;;2*+1;-1/p-1. The van der Waals surface area contributed by atoms with Gasteiger partial charge in [-0.25, -0.2) is 16.8 Å². The number of nitrogens with zero attached hydrogens (tertiary/aromatic N) is 3. The number of carbonyl (C=O) groups is 1. The number of carbonyl (C=O) groups excluding carboxylic acids is 1. The van der Waals surface area contributed by atoms with Crippen LogP contribution in [0.5, 0.6) is 11.5 Å². The van der Waals surface area contributed by atoms with Crippen molar-refractivity contribution < 1.29 is 145 Å². The molecule has 232 valence electrons. The van der Waals surface area contributed by atoms with Crippen LogP contribution >= 0.6 is 0 Å². The quantitative estimate of drug-likeness (QED) is 0.0668. The summed E-state index contributed by atoms with van der Waals surface area (Å²) in [5.41, 5.74) is 3.05. The van der Waals surface area contributed by atoms with Crippen LogP contribution in [-0.2, 0) is 48.5 Å². The Bertz CT molecular complexity index is 1640. The number of sulfonamides is 1. The average Bonchev–Trinajstić information content (AvgIpc) is 2.99. The summed E-state index contributed by atoms with van der Waals surface area (Å²) >= 11 is 0. The van der Waals surface area contributed by atoms with Crippen molar-refractivity contribution in [3.8, 4) is 11.5 Å². The van der Waals surface area contributed by atoms with Gasteiger partial charge in [0.2, 0.25) is 10.0 Å². The molecule has 12 nitrogen and oxygen atoms in total. The number of rotatable bonds is 11. The molecule has 16 heteroatoms. The number of pyridine rings is 2. The van der Waals surface area contributed by atoms with E-state index in [0.29, 0.717) is 36.0 Å². The fraction of sp³-hybridized carbons (Fsp3) is 0.207. The molecular formula is C29H33K2N3O9S2. The van der Waals surface area contributed by atoms with Crippen LogP contribution in [0.15, 0.2) is 97.6 Å². The van der Waals surface area contributed by atoms with E-state index >= 15 is 0 Å². The fourth-order valence-corrected chi connectivity index (χ4v) is 4.60. The van der Waals surface area contributed by atoms with Crippen molar-refractivity contribution in [1.29, 1.82) is 0 Å². The molecule has 0 amide bonds. The predicted octanol–water partition coefficient (Wildman–Crippen LogP) is -3.18. The minimum Gasteiger partial charge on any atom is -1.00 e. The van der Waals surface area contributed by atoms with Crippen LogP contribution in [0.3, 0.4) is 0 Å². The van der Waals surface area contributed by atoms with E-state index in [9.17, 15) is 16.8 Å². The third kappa shape index (κ3) is 18.0. The van der Waals surface area contributed by atoms with Crippen LogP contribution in [0.1, 0.15) is 18.1 Å². The first-order chi connectivity index (χ1) is 20.4. The molecule has 0 aliphatic rings. The molecule has 0 atom stereocenters. The summed E-state index contributed by atoms with van der Waals surface area (Å²) in [6.45, 7) is 0.594. The van der Waals surface area contributed by atoms with Crippen LogP contribution in [0.4, 0.5) is 5.69 Å². The van der Waals surface area contributed by atoms with Gasteiger partial charge in [0.1, 0.15) is 30.4 Å². The summed E-state index contributed by atoms with van der Waals surface area (Å²) in [6.07, 6.45) is 8.50. The maximum atomic E-state index is 11.6. The molecule has 0 spiro atoms. The summed E-state index contributed by atoms with van der Waals surface area (Å²) in [4.78, 5) is 19.1. The molecular weight excluding hydrogens is 677 g/mol. The minimum absolute atomic E-state index is 0. The Kier molecular flexibility index (Phi) is 22.5. The average molecular weight is 710 g/mol. The summed E-state index contributed by atoms with van der Waals surface area (Å²) < 4.78 is 58.4. The molecule has 45 heavy (non-hydrogen) atoms. The van der Waals surface area contributed by atoms with Crippen molar-refractivity contribution in [2.45, 2.75) is 19.0 Å². The fourth-order valence-electron chi connectivity index (χ4n) is 3.33. The Morgan fingerprint density at radius 1 is 0.778 bits per heavy atom. The van der Waals surface area contributed by atoms with Crippen LogP contribution in [0.25, 0.3) is 0 Å². The van der Waals surface area contributed by atoms with Gasteiger partial charge in [-0.1, -0.05) is 60.7 Å². The van der Waals surface area contributed by atoms with Gasteiger partial charge in [0, 0.05) is 43.5 Å². The molecule has 0 aliphatic carbocycles. The minimum atomic E-state index is -3.35. The Hall–Kier alpha value is -1.26. The van der Waals surface area contributed by atoms with E-state index in [1.54, 1.807) is 24.5 Å². The molecule has 0 aliphatic heterocycles. The van der Waals surface area contributed by atoms with Crippen LogP contribution in [0, 0.1) is 0 Å². The summed E-state index contributed by atoms with van der Waals surface area (Å²) in [5, 5.41) is 8.43. The van der Waals surface area contributed by atoms with Crippen LogP contribution in [0.2, 0.25) is 0 Å². The van der Waals surface area contributed by atoms with Gasteiger partial charge in [0.15, 0.2) is 9.84 Å². The first-order valence-electron chi connectivity index (χ1n) is 12.5. The van der Waals surface area contributed by atoms with E-state index in [-0.39, 0.29) is 116 Å². The predicted molar refractivity (Wildman–Crippen MR) is 160 cm³/mol. The van der Waals surface area contributed by atoms with E-state index in [2.05, 4.69) is 14.9 Å². The second-order valence-corrected chi connectivity index (χ2v) is 13.0. The van der Waals surface area contributed by atoms with Crippen molar-refractivity contribution in [1.82, 2.24) is 9.97 Å². The molecule has 4 rings (SSSR count). The third-order valence-corrected chi connectivity index (χ3v) is 7.42. The molecule has 2 heterocycles. The van der Waals surface area contributed by atoms with E-state index < -0.39 is 19.9 Å². The van der Waals surface area contributed by atoms with Crippen molar-refractivity contribution in [2.75, 3.05) is 23.9 Å². The Morgan fingerprint density at radius 2 is 1.22 bits per heavy atom. The molecule has 0 N–H and O–H groups in total. The largest absolute Gasteiger partial charge is 1.00 e. The van der Waals surface area contributed by atoms with Gasteiger partial charge in [-0.15, -0.1) is 0 Å². The maximum Gasteiger partial charge on any atom is 1.00 e. The van der Waals surface area contributed by atoms with Crippen molar-refractivity contribution >= 4 is 32.0 Å². The molecule has 4 aromatic rings. The first kappa shape index (κ1) is 43.7. The van der Waals surface area contributed by atoms with Crippen molar-refractivity contribution in [2.24, 2.45) is 0 Å². The van der Waals surface area contributed by atoms with Gasteiger partial charge in [-0.3, -0.25) is 19.1 Å². The van der Waals surface area contributed by atoms with Gasteiger partial charge < -0.3 is 21.0 Å². The van der Waals surface area contributed by atoms with E-state index in [1.165, 1.54) is 25.7 Å². The number of hydrogen-bond acceptors (Lipinski definition) is 11. The number of anilines is 1. The normalized spacial score (nSPS) is 10.1. The van der Waals surface area contributed by atoms with E-state index in [4.69, 9.17) is 19.5 Å². The van der Waals surface area contributed by atoms with E-state index in [0.717, 1.165) is 21.7 Å². The molecule has 0 fully saturated rings. The maximum absolute atomic E-state index is 11.6. The van der Waals surface area contributed by atoms with Crippen molar-refractivity contribution in [3.63, 3.8) is 0 Å². The monoisotopic (exact) mass is 709 g/mol. The number of sulfone groups is 1.